The Kier molecular flexibility index (Phi) is 3.38. The van der Waals surface area contributed by atoms with Crippen LogP contribution in [-0.4, -0.2) is 19.3 Å². The molecule has 0 atom stereocenters. The van der Waals surface area contributed by atoms with Gasteiger partial charge >= 0.3 is 5.69 Å². The third kappa shape index (κ3) is 2.24. The molecule has 96 valence electrons. The highest BCUT2D eigenvalue weighted by Crippen LogP contribution is 2.06. The minimum atomic E-state index is -0.508. The molecule has 0 saturated carbocycles. The number of aryl methyl sites for hydroxylation is 1. The lowest BCUT2D eigenvalue weighted by atomic mass is 10.2. The van der Waals surface area contributed by atoms with Gasteiger partial charge in [0.05, 0.1) is 18.3 Å². The highest BCUT2D eigenvalue weighted by atomic mass is 35.5. The topological polar surface area (TPSA) is 72.7 Å². The number of H-pyrrole nitrogens is 1. The summed E-state index contributed by atoms with van der Waals surface area (Å²) in [5.41, 5.74) is 0.343. The van der Waals surface area contributed by atoms with Gasteiger partial charge in [-0.3, -0.25) is 19.0 Å². The predicted molar refractivity (Wildman–Crippen MR) is 68.0 cm³/mol. The van der Waals surface area contributed by atoms with Crippen molar-refractivity contribution in [3.63, 3.8) is 0 Å². The molecule has 6 nitrogen and oxygen atoms in total. The fourth-order valence-corrected chi connectivity index (χ4v) is 2.07. The van der Waals surface area contributed by atoms with Crippen LogP contribution in [0.2, 0.25) is 5.15 Å². The van der Waals surface area contributed by atoms with E-state index >= 15 is 0 Å². The number of aromatic nitrogens is 4. The highest BCUT2D eigenvalue weighted by Gasteiger charge is 2.11. The van der Waals surface area contributed by atoms with Crippen LogP contribution in [0, 0.1) is 0 Å². The van der Waals surface area contributed by atoms with Gasteiger partial charge in [0, 0.05) is 18.8 Å². The summed E-state index contributed by atoms with van der Waals surface area (Å²) in [6, 6.07) is 0. The van der Waals surface area contributed by atoms with Gasteiger partial charge in [-0.1, -0.05) is 18.5 Å². The summed E-state index contributed by atoms with van der Waals surface area (Å²) >= 11 is 5.83. The summed E-state index contributed by atoms with van der Waals surface area (Å²) in [6.45, 7) is 2.00. The molecule has 0 spiro atoms. The van der Waals surface area contributed by atoms with E-state index in [9.17, 15) is 9.59 Å². The standard InChI is InChI=1S/C11H13ClN4O2/c1-3-8-9(12)14-11(18)16(10(8)17)6-7-4-13-15(2)5-7/h4-5H,3,6H2,1-2H3,(H,14,18). The van der Waals surface area contributed by atoms with Gasteiger partial charge in [-0.05, 0) is 6.42 Å². The minimum Gasteiger partial charge on any atom is -0.297 e. The first-order valence-corrected chi connectivity index (χ1v) is 5.89. The molecular weight excluding hydrogens is 256 g/mol. The molecule has 2 aromatic heterocycles. The first-order chi connectivity index (χ1) is 8.52. The highest BCUT2D eigenvalue weighted by molar-refractivity contribution is 6.30. The molecule has 0 bridgehead atoms. The Balaban J connectivity index is 2.51. The van der Waals surface area contributed by atoms with Crippen LogP contribution in [0.5, 0.6) is 0 Å². The van der Waals surface area contributed by atoms with Gasteiger partial charge in [0.2, 0.25) is 0 Å². The van der Waals surface area contributed by atoms with Crippen molar-refractivity contribution in [1.82, 2.24) is 19.3 Å². The molecular formula is C11H13ClN4O2. The van der Waals surface area contributed by atoms with Crippen LogP contribution < -0.4 is 11.2 Å². The third-order valence-electron chi connectivity index (χ3n) is 2.68. The maximum absolute atomic E-state index is 12.1. The second-order valence-electron chi connectivity index (χ2n) is 3.99. The molecule has 18 heavy (non-hydrogen) atoms. The van der Waals surface area contributed by atoms with Gasteiger partial charge in [0.15, 0.2) is 0 Å². The Hall–Kier alpha value is -1.82. The van der Waals surface area contributed by atoms with Crippen LogP contribution >= 0.6 is 11.6 Å². The predicted octanol–water partition coefficient (Wildman–Crippen LogP) is 0.534. The molecule has 0 radical (unpaired) electrons. The van der Waals surface area contributed by atoms with E-state index in [2.05, 4.69) is 10.1 Å². The van der Waals surface area contributed by atoms with E-state index in [1.165, 1.54) is 0 Å². The Bertz CT molecular complexity index is 683. The SMILES string of the molecule is CCc1c(Cl)[nH]c(=O)n(Cc2cnn(C)c2)c1=O. The number of aromatic amines is 1. The summed E-state index contributed by atoms with van der Waals surface area (Å²) in [6.07, 6.45) is 3.85. The molecule has 0 aliphatic heterocycles. The quantitative estimate of drug-likeness (QED) is 0.826. The summed E-state index contributed by atoms with van der Waals surface area (Å²) in [7, 11) is 1.77. The zero-order valence-corrected chi connectivity index (χ0v) is 10.9. The first-order valence-electron chi connectivity index (χ1n) is 5.52. The molecule has 0 aromatic carbocycles. The van der Waals surface area contributed by atoms with Crippen LogP contribution in [0.25, 0.3) is 0 Å². The molecule has 0 unspecified atom stereocenters. The molecule has 2 rings (SSSR count). The lowest BCUT2D eigenvalue weighted by molar-refractivity contribution is 0.685. The van der Waals surface area contributed by atoms with E-state index in [1.807, 2.05) is 6.92 Å². The van der Waals surface area contributed by atoms with E-state index in [4.69, 9.17) is 11.6 Å². The molecule has 0 fully saturated rings. The third-order valence-corrected chi connectivity index (χ3v) is 3.01. The Morgan fingerprint density at radius 2 is 2.17 bits per heavy atom. The first kappa shape index (κ1) is 12.6. The second-order valence-corrected chi connectivity index (χ2v) is 4.37. The summed E-state index contributed by atoms with van der Waals surface area (Å²) in [5, 5.41) is 4.12. The molecule has 7 heteroatoms. The minimum absolute atomic E-state index is 0.120. The van der Waals surface area contributed by atoms with Crippen molar-refractivity contribution in [3.05, 3.63) is 49.5 Å². The second kappa shape index (κ2) is 4.81. The molecule has 0 amide bonds. The van der Waals surface area contributed by atoms with Crippen LogP contribution in [0.4, 0.5) is 0 Å². The zero-order chi connectivity index (χ0) is 13.3. The van der Waals surface area contributed by atoms with Crippen LogP contribution in [0.1, 0.15) is 18.1 Å². The summed E-state index contributed by atoms with van der Waals surface area (Å²) in [5.74, 6) is 0. The smallest absolute Gasteiger partial charge is 0.297 e. The van der Waals surface area contributed by atoms with E-state index < -0.39 is 5.69 Å². The number of rotatable bonds is 3. The lowest BCUT2D eigenvalue weighted by Gasteiger charge is -2.06. The Labute approximate surface area is 108 Å². The average molecular weight is 269 g/mol. The maximum Gasteiger partial charge on any atom is 0.329 e. The van der Waals surface area contributed by atoms with Crippen molar-refractivity contribution in [2.75, 3.05) is 0 Å². The van der Waals surface area contributed by atoms with E-state index in [1.54, 1.807) is 24.1 Å². The van der Waals surface area contributed by atoms with Gasteiger partial charge in [-0.15, -0.1) is 0 Å². The Morgan fingerprint density at radius 1 is 1.44 bits per heavy atom. The largest absolute Gasteiger partial charge is 0.329 e. The number of hydrogen-bond donors (Lipinski definition) is 1. The van der Waals surface area contributed by atoms with Gasteiger partial charge in [0.25, 0.3) is 5.56 Å². The number of nitrogens with zero attached hydrogens (tertiary/aromatic N) is 3. The maximum atomic E-state index is 12.1. The summed E-state index contributed by atoms with van der Waals surface area (Å²) in [4.78, 5) is 26.3. The van der Waals surface area contributed by atoms with Gasteiger partial charge in [0.1, 0.15) is 5.15 Å². The zero-order valence-electron chi connectivity index (χ0n) is 10.1. The van der Waals surface area contributed by atoms with Gasteiger partial charge in [-0.2, -0.15) is 5.10 Å². The molecule has 2 aromatic rings. The van der Waals surface area contributed by atoms with Crippen molar-refractivity contribution in [1.29, 1.82) is 0 Å². The number of nitrogens with one attached hydrogen (secondary N) is 1. The van der Waals surface area contributed by atoms with Crippen molar-refractivity contribution < 1.29 is 0 Å². The van der Waals surface area contributed by atoms with Crippen LogP contribution in [-0.2, 0) is 20.0 Å². The van der Waals surface area contributed by atoms with E-state index in [0.29, 0.717) is 12.0 Å². The average Bonchev–Trinajstić information content (AvgIpc) is 2.70. The number of halogens is 1. The van der Waals surface area contributed by atoms with Crippen LogP contribution in [0.15, 0.2) is 22.0 Å². The van der Waals surface area contributed by atoms with Gasteiger partial charge in [-0.25, -0.2) is 4.79 Å². The normalized spacial score (nSPS) is 10.8. The Morgan fingerprint density at radius 3 is 2.72 bits per heavy atom. The molecule has 0 aliphatic rings. The van der Waals surface area contributed by atoms with E-state index in [0.717, 1.165) is 10.1 Å². The van der Waals surface area contributed by atoms with E-state index in [-0.39, 0.29) is 17.3 Å². The monoisotopic (exact) mass is 268 g/mol. The fraction of sp³-hybridized carbons (Fsp3) is 0.364. The molecule has 0 saturated heterocycles. The molecule has 1 N–H and O–H groups in total. The summed E-state index contributed by atoms with van der Waals surface area (Å²) < 4.78 is 2.74. The fourth-order valence-electron chi connectivity index (χ4n) is 1.77. The van der Waals surface area contributed by atoms with Gasteiger partial charge < -0.3 is 0 Å². The number of hydrogen-bond acceptors (Lipinski definition) is 3. The van der Waals surface area contributed by atoms with Crippen molar-refractivity contribution in [2.24, 2.45) is 7.05 Å². The van der Waals surface area contributed by atoms with Crippen molar-refractivity contribution in [3.8, 4) is 0 Å². The molecule has 2 heterocycles. The van der Waals surface area contributed by atoms with Crippen molar-refractivity contribution >= 4 is 11.6 Å². The lowest BCUT2D eigenvalue weighted by Crippen LogP contribution is -2.37. The van der Waals surface area contributed by atoms with Crippen LogP contribution in [0.3, 0.4) is 0 Å². The van der Waals surface area contributed by atoms with Crippen molar-refractivity contribution in [2.45, 2.75) is 19.9 Å². The molecule has 0 aliphatic carbocycles.